The van der Waals surface area contributed by atoms with Gasteiger partial charge in [-0.05, 0) is 35.9 Å². The van der Waals surface area contributed by atoms with Gasteiger partial charge < -0.3 is 19.3 Å². The monoisotopic (exact) mass is 364 g/mol. The number of carboxylic acid groups (broad SMARTS) is 1. The molecule has 0 radical (unpaired) electrons. The van der Waals surface area contributed by atoms with Crippen LogP contribution < -0.4 is 14.2 Å². The number of carboxylic acids is 1. The summed E-state index contributed by atoms with van der Waals surface area (Å²) in [6, 6.07) is 23.6. The average Bonchev–Trinajstić information content (AvgIpc) is 2.70. The van der Waals surface area contributed by atoms with Gasteiger partial charge in [0, 0.05) is 6.42 Å². The zero-order valence-corrected chi connectivity index (χ0v) is 14.9. The maximum absolute atomic E-state index is 11.8. The maximum atomic E-state index is 11.8. The van der Waals surface area contributed by atoms with Crippen LogP contribution >= 0.6 is 0 Å². The van der Waals surface area contributed by atoms with Gasteiger partial charge in [-0.25, -0.2) is 4.79 Å². The van der Waals surface area contributed by atoms with Crippen LogP contribution in [-0.4, -0.2) is 24.3 Å². The van der Waals surface area contributed by atoms with Crippen molar-refractivity contribution in [2.24, 2.45) is 0 Å². The number of hydrogen-bond acceptors (Lipinski definition) is 4. The normalized spacial score (nSPS) is 11.4. The first-order chi connectivity index (χ1) is 13.2. The van der Waals surface area contributed by atoms with Crippen molar-refractivity contribution in [2.75, 3.05) is 7.11 Å². The molecule has 0 aliphatic carbocycles. The number of rotatable bonds is 8. The minimum absolute atomic E-state index is 0.149. The van der Waals surface area contributed by atoms with E-state index >= 15 is 0 Å². The molecule has 1 atom stereocenters. The van der Waals surface area contributed by atoms with Crippen LogP contribution in [0.4, 0.5) is 0 Å². The van der Waals surface area contributed by atoms with Crippen LogP contribution in [0.1, 0.15) is 5.56 Å². The molecule has 0 aliphatic heterocycles. The van der Waals surface area contributed by atoms with Gasteiger partial charge in [0.05, 0.1) is 7.11 Å². The number of carbonyl (C=O) groups is 1. The zero-order chi connectivity index (χ0) is 19.1. The Labute approximate surface area is 157 Å². The summed E-state index contributed by atoms with van der Waals surface area (Å²) < 4.78 is 16.9. The van der Waals surface area contributed by atoms with Gasteiger partial charge in [0.1, 0.15) is 11.5 Å². The third-order valence-corrected chi connectivity index (χ3v) is 3.96. The Balaban J connectivity index is 1.82. The quantitative estimate of drug-likeness (QED) is 0.635. The Morgan fingerprint density at radius 2 is 1.44 bits per heavy atom. The van der Waals surface area contributed by atoms with E-state index in [1.165, 1.54) is 7.11 Å². The zero-order valence-electron chi connectivity index (χ0n) is 14.9. The van der Waals surface area contributed by atoms with Gasteiger partial charge in [-0.15, -0.1) is 0 Å². The minimum Gasteiger partial charge on any atom is -0.493 e. The molecule has 1 N–H and O–H groups in total. The summed E-state index contributed by atoms with van der Waals surface area (Å²) in [5.41, 5.74) is 0.739. The summed E-state index contributed by atoms with van der Waals surface area (Å²) in [5, 5.41) is 9.63. The van der Waals surface area contributed by atoms with Crippen molar-refractivity contribution in [1.82, 2.24) is 0 Å². The van der Waals surface area contributed by atoms with Crippen molar-refractivity contribution < 1.29 is 24.1 Å². The molecular formula is C22H20O5. The summed E-state index contributed by atoms with van der Waals surface area (Å²) >= 11 is 0. The van der Waals surface area contributed by atoms with Gasteiger partial charge in [0.15, 0.2) is 17.6 Å². The second-order valence-electron chi connectivity index (χ2n) is 5.82. The van der Waals surface area contributed by atoms with Gasteiger partial charge >= 0.3 is 5.97 Å². The molecule has 0 bridgehead atoms. The highest BCUT2D eigenvalue weighted by Crippen LogP contribution is 2.30. The van der Waals surface area contributed by atoms with E-state index in [0.717, 1.165) is 5.56 Å². The van der Waals surface area contributed by atoms with Gasteiger partial charge in [-0.3, -0.25) is 0 Å². The van der Waals surface area contributed by atoms with E-state index in [1.807, 2.05) is 54.6 Å². The Kier molecular flexibility index (Phi) is 5.94. The average molecular weight is 364 g/mol. The van der Waals surface area contributed by atoms with Crippen LogP contribution in [0.3, 0.4) is 0 Å². The molecule has 0 aliphatic rings. The number of methoxy groups -OCH3 is 1. The molecule has 138 valence electrons. The molecule has 3 rings (SSSR count). The largest absolute Gasteiger partial charge is 0.493 e. The Morgan fingerprint density at radius 1 is 0.852 bits per heavy atom. The molecule has 0 saturated carbocycles. The third kappa shape index (κ3) is 4.79. The SMILES string of the molecule is COc1ccccc1OC(Cc1ccccc1Oc1ccccc1)C(=O)O. The Morgan fingerprint density at radius 3 is 2.11 bits per heavy atom. The van der Waals surface area contributed by atoms with Crippen LogP contribution in [0, 0.1) is 0 Å². The first-order valence-corrected chi connectivity index (χ1v) is 8.50. The summed E-state index contributed by atoms with van der Waals surface area (Å²) in [4.78, 5) is 11.8. The van der Waals surface area contributed by atoms with E-state index in [4.69, 9.17) is 14.2 Å². The van der Waals surface area contributed by atoms with Crippen molar-refractivity contribution >= 4 is 5.97 Å². The second kappa shape index (κ2) is 8.76. The van der Waals surface area contributed by atoms with Crippen LogP contribution in [0.25, 0.3) is 0 Å². The lowest BCUT2D eigenvalue weighted by atomic mass is 10.1. The lowest BCUT2D eigenvalue weighted by molar-refractivity contribution is -0.145. The molecule has 3 aromatic carbocycles. The molecule has 0 saturated heterocycles. The topological polar surface area (TPSA) is 65.0 Å². The van der Waals surface area contributed by atoms with Crippen molar-refractivity contribution in [2.45, 2.75) is 12.5 Å². The smallest absolute Gasteiger partial charge is 0.345 e. The van der Waals surface area contributed by atoms with E-state index in [2.05, 4.69) is 0 Å². The number of aliphatic carboxylic acids is 1. The predicted octanol–water partition coefficient (Wildman–Crippen LogP) is 4.56. The van der Waals surface area contributed by atoms with E-state index in [0.29, 0.717) is 23.0 Å². The highest BCUT2D eigenvalue weighted by molar-refractivity contribution is 5.73. The van der Waals surface area contributed by atoms with Gasteiger partial charge in [-0.1, -0.05) is 48.5 Å². The van der Waals surface area contributed by atoms with E-state index in [-0.39, 0.29) is 6.42 Å². The fourth-order valence-corrected chi connectivity index (χ4v) is 2.64. The molecule has 27 heavy (non-hydrogen) atoms. The maximum Gasteiger partial charge on any atom is 0.345 e. The fraction of sp³-hybridized carbons (Fsp3) is 0.136. The highest BCUT2D eigenvalue weighted by atomic mass is 16.5. The number of ether oxygens (including phenoxy) is 3. The van der Waals surface area contributed by atoms with E-state index in [1.54, 1.807) is 24.3 Å². The van der Waals surface area contributed by atoms with Crippen molar-refractivity contribution in [1.29, 1.82) is 0 Å². The molecule has 0 heterocycles. The molecular weight excluding hydrogens is 344 g/mol. The molecule has 0 fully saturated rings. The van der Waals surface area contributed by atoms with E-state index in [9.17, 15) is 9.90 Å². The molecule has 5 nitrogen and oxygen atoms in total. The van der Waals surface area contributed by atoms with E-state index < -0.39 is 12.1 Å². The first kappa shape index (κ1) is 18.3. The number of benzene rings is 3. The number of hydrogen-bond donors (Lipinski definition) is 1. The fourth-order valence-electron chi connectivity index (χ4n) is 2.64. The summed E-state index contributed by atoms with van der Waals surface area (Å²) in [5.74, 6) is 1.09. The lowest BCUT2D eigenvalue weighted by Crippen LogP contribution is -2.29. The molecule has 0 amide bonds. The predicted molar refractivity (Wildman–Crippen MR) is 102 cm³/mol. The molecule has 3 aromatic rings. The first-order valence-electron chi connectivity index (χ1n) is 8.50. The standard InChI is InChI=1S/C22H20O5/c1-25-19-13-7-8-14-20(19)27-21(22(23)24)15-16-9-5-6-12-18(16)26-17-10-3-2-4-11-17/h2-14,21H,15H2,1H3,(H,23,24). The molecule has 0 aromatic heterocycles. The van der Waals surface area contributed by atoms with Gasteiger partial charge in [0.2, 0.25) is 0 Å². The molecule has 1 unspecified atom stereocenters. The van der Waals surface area contributed by atoms with Gasteiger partial charge in [-0.2, -0.15) is 0 Å². The summed E-state index contributed by atoms with van der Waals surface area (Å²) in [7, 11) is 1.51. The van der Waals surface area contributed by atoms with Crippen LogP contribution in [0.2, 0.25) is 0 Å². The van der Waals surface area contributed by atoms with Crippen molar-refractivity contribution in [3.63, 3.8) is 0 Å². The van der Waals surface area contributed by atoms with Gasteiger partial charge in [0.25, 0.3) is 0 Å². The Bertz CT molecular complexity index is 892. The summed E-state index contributed by atoms with van der Waals surface area (Å²) in [6.45, 7) is 0. The third-order valence-electron chi connectivity index (χ3n) is 3.96. The van der Waals surface area contributed by atoms with Crippen molar-refractivity contribution in [3.05, 3.63) is 84.4 Å². The highest BCUT2D eigenvalue weighted by Gasteiger charge is 2.23. The summed E-state index contributed by atoms with van der Waals surface area (Å²) in [6.07, 6.45) is -0.932. The second-order valence-corrected chi connectivity index (χ2v) is 5.82. The minimum atomic E-state index is -1.08. The molecule has 0 spiro atoms. The Hall–Kier alpha value is -3.47. The lowest BCUT2D eigenvalue weighted by Gasteiger charge is -2.18. The van der Waals surface area contributed by atoms with Crippen LogP contribution in [0.15, 0.2) is 78.9 Å². The van der Waals surface area contributed by atoms with Crippen LogP contribution in [-0.2, 0) is 11.2 Å². The van der Waals surface area contributed by atoms with Crippen molar-refractivity contribution in [3.8, 4) is 23.0 Å². The van der Waals surface area contributed by atoms with Crippen LogP contribution in [0.5, 0.6) is 23.0 Å². The molecule has 5 heteroatoms. The number of para-hydroxylation sites is 4.